The quantitative estimate of drug-likeness (QED) is 0.865. The SMILES string of the molecule is NCCc1ccc(OCCN2CCCSCC2)cc1. The minimum absolute atomic E-state index is 0.702. The Labute approximate surface area is 120 Å². The first-order valence-electron chi connectivity index (χ1n) is 7.10. The van der Waals surface area contributed by atoms with E-state index in [1.165, 1.54) is 36.6 Å². The minimum atomic E-state index is 0.702. The summed E-state index contributed by atoms with van der Waals surface area (Å²) in [5.41, 5.74) is 6.81. The molecule has 3 nitrogen and oxygen atoms in total. The van der Waals surface area contributed by atoms with Crippen LogP contribution < -0.4 is 10.5 Å². The highest BCUT2D eigenvalue weighted by Gasteiger charge is 2.08. The number of nitrogens with zero attached hydrogens (tertiary/aromatic N) is 1. The van der Waals surface area contributed by atoms with Crippen molar-refractivity contribution < 1.29 is 4.74 Å². The van der Waals surface area contributed by atoms with Crippen molar-refractivity contribution in [3.05, 3.63) is 29.8 Å². The number of benzene rings is 1. The van der Waals surface area contributed by atoms with Crippen molar-refractivity contribution in [2.45, 2.75) is 12.8 Å². The Morgan fingerprint density at radius 1 is 1.16 bits per heavy atom. The molecule has 106 valence electrons. The van der Waals surface area contributed by atoms with E-state index in [9.17, 15) is 0 Å². The molecule has 19 heavy (non-hydrogen) atoms. The van der Waals surface area contributed by atoms with E-state index in [2.05, 4.69) is 28.8 Å². The second-order valence-corrected chi connectivity index (χ2v) is 6.06. The fraction of sp³-hybridized carbons (Fsp3) is 0.600. The summed E-state index contributed by atoms with van der Waals surface area (Å²) in [4.78, 5) is 2.50. The lowest BCUT2D eigenvalue weighted by atomic mass is 10.1. The molecule has 1 heterocycles. The molecule has 1 aromatic carbocycles. The van der Waals surface area contributed by atoms with Crippen LogP contribution in [0, 0.1) is 0 Å². The van der Waals surface area contributed by atoms with Gasteiger partial charge in [0.15, 0.2) is 0 Å². The van der Waals surface area contributed by atoms with Gasteiger partial charge in [0.1, 0.15) is 12.4 Å². The summed E-state index contributed by atoms with van der Waals surface area (Å²) in [6.07, 6.45) is 2.24. The van der Waals surface area contributed by atoms with Gasteiger partial charge in [-0.2, -0.15) is 11.8 Å². The van der Waals surface area contributed by atoms with Crippen LogP contribution in [0.3, 0.4) is 0 Å². The zero-order valence-electron chi connectivity index (χ0n) is 11.5. The van der Waals surface area contributed by atoms with Crippen LogP contribution >= 0.6 is 11.8 Å². The Morgan fingerprint density at radius 3 is 2.79 bits per heavy atom. The summed E-state index contributed by atoms with van der Waals surface area (Å²) in [7, 11) is 0. The van der Waals surface area contributed by atoms with Crippen LogP contribution in [0.4, 0.5) is 0 Å². The first kappa shape index (κ1) is 14.7. The molecule has 1 saturated heterocycles. The van der Waals surface area contributed by atoms with Gasteiger partial charge in [-0.05, 0) is 49.4 Å². The maximum Gasteiger partial charge on any atom is 0.119 e. The fourth-order valence-electron chi connectivity index (χ4n) is 2.23. The van der Waals surface area contributed by atoms with Crippen LogP contribution in [0.25, 0.3) is 0 Å². The van der Waals surface area contributed by atoms with E-state index in [1.807, 2.05) is 12.1 Å². The summed E-state index contributed by atoms with van der Waals surface area (Å²) in [5, 5.41) is 0. The molecule has 0 aromatic heterocycles. The van der Waals surface area contributed by atoms with Gasteiger partial charge in [0.25, 0.3) is 0 Å². The van der Waals surface area contributed by atoms with Gasteiger partial charge >= 0.3 is 0 Å². The molecule has 0 saturated carbocycles. The Morgan fingerprint density at radius 2 is 2.00 bits per heavy atom. The molecular weight excluding hydrogens is 256 g/mol. The van der Waals surface area contributed by atoms with Crippen LogP contribution in [0.5, 0.6) is 5.75 Å². The second-order valence-electron chi connectivity index (χ2n) is 4.84. The lowest BCUT2D eigenvalue weighted by Gasteiger charge is -2.19. The zero-order chi connectivity index (χ0) is 13.3. The summed E-state index contributed by atoms with van der Waals surface area (Å²) < 4.78 is 5.80. The number of hydrogen-bond donors (Lipinski definition) is 1. The number of rotatable bonds is 6. The monoisotopic (exact) mass is 280 g/mol. The average Bonchev–Trinajstić information content (AvgIpc) is 2.70. The second kappa shape index (κ2) is 8.46. The molecule has 1 aromatic rings. The van der Waals surface area contributed by atoms with Gasteiger partial charge < -0.3 is 10.5 Å². The van der Waals surface area contributed by atoms with E-state index < -0.39 is 0 Å². The first-order valence-corrected chi connectivity index (χ1v) is 8.26. The molecule has 0 aliphatic carbocycles. The molecule has 1 fully saturated rings. The fourth-order valence-corrected chi connectivity index (χ4v) is 3.16. The molecule has 1 aliphatic rings. The van der Waals surface area contributed by atoms with Gasteiger partial charge in [0, 0.05) is 18.8 Å². The van der Waals surface area contributed by atoms with Gasteiger partial charge in [0.2, 0.25) is 0 Å². The van der Waals surface area contributed by atoms with Crippen LogP contribution in [0.15, 0.2) is 24.3 Å². The molecule has 1 aliphatic heterocycles. The molecule has 0 radical (unpaired) electrons. The van der Waals surface area contributed by atoms with E-state index in [-0.39, 0.29) is 0 Å². The Hall–Kier alpha value is -0.710. The largest absolute Gasteiger partial charge is 0.492 e. The van der Waals surface area contributed by atoms with Crippen molar-refractivity contribution in [1.29, 1.82) is 0 Å². The third-order valence-electron chi connectivity index (χ3n) is 3.35. The molecule has 4 heteroatoms. The third-order valence-corrected chi connectivity index (χ3v) is 4.40. The molecule has 0 bridgehead atoms. The van der Waals surface area contributed by atoms with Crippen LogP contribution in [-0.4, -0.2) is 49.2 Å². The van der Waals surface area contributed by atoms with E-state index in [1.54, 1.807) is 0 Å². The van der Waals surface area contributed by atoms with E-state index in [0.29, 0.717) is 6.54 Å². The highest BCUT2D eigenvalue weighted by Crippen LogP contribution is 2.13. The lowest BCUT2D eigenvalue weighted by molar-refractivity contribution is 0.219. The maximum absolute atomic E-state index is 5.80. The van der Waals surface area contributed by atoms with Gasteiger partial charge in [-0.3, -0.25) is 4.90 Å². The predicted molar refractivity (Wildman–Crippen MR) is 83.1 cm³/mol. The van der Waals surface area contributed by atoms with E-state index >= 15 is 0 Å². The molecule has 0 unspecified atom stereocenters. The first-order chi connectivity index (χ1) is 9.38. The minimum Gasteiger partial charge on any atom is -0.492 e. The Balaban J connectivity index is 1.69. The van der Waals surface area contributed by atoms with Crippen LogP contribution in [0.2, 0.25) is 0 Å². The average molecular weight is 280 g/mol. The molecule has 2 rings (SSSR count). The summed E-state index contributed by atoms with van der Waals surface area (Å²) in [5.74, 6) is 3.53. The van der Waals surface area contributed by atoms with Crippen molar-refractivity contribution in [2.24, 2.45) is 5.73 Å². The highest BCUT2D eigenvalue weighted by atomic mass is 32.2. The van der Waals surface area contributed by atoms with Crippen molar-refractivity contribution in [3.8, 4) is 5.75 Å². The Bertz CT molecular complexity index is 348. The van der Waals surface area contributed by atoms with Crippen LogP contribution in [-0.2, 0) is 6.42 Å². The highest BCUT2D eigenvalue weighted by molar-refractivity contribution is 7.99. The van der Waals surface area contributed by atoms with Gasteiger partial charge in [-0.1, -0.05) is 12.1 Å². The van der Waals surface area contributed by atoms with E-state index in [4.69, 9.17) is 10.5 Å². The van der Waals surface area contributed by atoms with Gasteiger partial charge in [-0.15, -0.1) is 0 Å². The normalized spacial score (nSPS) is 17.1. The van der Waals surface area contributed by atoms with Crippen molar-refractivity contribution in [1.82, 2.24) is 4.90 Å². The number of ether oxygens (including phenoxy) is 1. The lowest BCUT2D eigenvalue weighted by Crippen LogP contribution is -2.30. The zero-order valence-corrected chi connectivity index (χ0v) is 12.3. The molecule has 0 atom stereocenters. The van der Waals surface area contributed by atoms with Crippen molar-refractivity contribution >= 4 is 11.8 Å². The molecule has 0 spiro atoms. The van der Waals surface area contributed by atoms with Crippen LogP contribution in [0.1, 0.15) is 12.0 Å². The standard InChI is InChI=1S/C15H24N2OS/c16-7-6-14-2-4-15(5-3-14)18-11-9-17-8-1-12-19-13-10-17/h2-5H,1,6-13,16H2. The van der Waals surface area contributed by atoms with E-state index in [0.717, 1.165) is 25.3 Å². The summed E-state index contributed by atoms with van der Waals surface area (Å²) in [6, 6.07) is 8.29. The number of thioether (sulfide) groups is 1. The predicted octanol–water partition coefficient (Wildman–Crippen LogP) is 2.01. The number of hydrogen-bond acceptors (Lipinski definition) is 4. The third kappa shape index (κ3) is 5.43. The van der Waals surface area contributed by atoms with Crippen molar-refractivity contribution in [2.75, 3.05) is 44.3 Å². The van der Waals surface area contributed by atoms with Crippen molar-refractivity contribution in [3.63, 3.8) is 0 Å². The Kier molecular flexibility index (Phi) is 6.54. The summed E-state index contributed by atoms with van der Waals surface area (Å²) >= 11 is 2.06. The topological polar surface area (TPSA) is 38.5 Å². The smallest absolute Gasteiger partial charge is 0.119 e. The van der Waals surface area contributed by atoms with Gasteiger partial charge in [0.05, 0.1) is 0 Å². The number of nitrogens with two attached hydrogens (primary N) is 1. The van der Waals surface area contributed by atoms with Gasteiger partial charge in [-0.25, -0.2) is 0 Å². The maximum atomic E-state index is 5.80. The molecular formula is C15H24N2OS. The molecule has 0 amide bonds. The summed E-state index contributed by atoms with van der Waals surface area (Å²) in [6.45, 7) is 4.93. The molecule has 2 N–H and O–H groups in total.